The van der Waals surface area contributed by atoms with E-state index < -0.39 is 6.10 Å². The summed E-state index contributed by atoms with van der Waals surface area (Å²) >= 11 is 0. The van der Waals surface area contributed by atoms with Gasteiger partial charge >= 0.3 is 0 Å². The molecule has 2 rings (SSSR count). The Kier molecular flexibility index (Phi) is 1.96. The quantitative estimate of drug-likeness (QED) is 0.665. The van der Waals surface area contributed by atoms with Gasteiger partial charge in [-0.1, -0.05) is 0 Å². The predicted octanol–water partition coefficient (Wildman–Crippen LogP) is 2.03. The molecule has 0 saturated carbocycles. The van der Waals surface area contributed by atoms with Gasteiger partial charge in [0.15, 0.2) is 0 Å². The van der Waals surface area contributed by atoms with Crippen molar-refractivity contribution in [3.05, 3.63) is 29.6 Å². The normalized spacial score (nSPS) is 26.4. The van der Waals surface area contributed by atoms with E-state index in [0.717, 1.165) is 0 Å². The molecule has 1 N–H and O–H groups in total. The first-order valence-electron chi connectivity index (χ1n) is 4.31. The number of halogens is 1. The summed E-state index contributed by atoms with van der Waals surface area (Å²) in [5.41, 5.74) is 0.680. The lowest BCUT2D eigenvalue weighted by Gasteiger charge is -2.27. The molecule has 0 bridgehead atoms. The van der Waals surface area contributed by atoms with Crippen LogP contribution in [0.15, 0.2) is 18.2 Å². The Bertz CT molecular complexity index is 325. The van der Waals surface area contributed by atoms with E-state index in [2.05, 4.69) is 0 Å². The van der Waals surface area contributed by atoms with E-state index in [0.29, 0.717) is 17.7 Å². The van der Waals surface area contributed by atoms with Gasteiger partial charge in [-0.2, -0.15) is 0 Å². The summed E-state index contributed by atoms with van der Waals surface area (Å²) in [6.07, 6.45) is -0.0119. The number of rotatable bonds is 0. The molecule has 2 nitrogen and oxygen atoms in total. The summed E-state index contributed by atoms with van der Waals surface area (Å²) in [5, 5.41) is 9.62. The monoisotopic (exact) mass is 182 g/mol. The molecule has 0 aromatic heterocycles. The third kappa shape index (κ3) is 1.52. The zero-order valence-electron chi connectivity index (χ0n) is 7.33. The molecule has 3 heteroatoms. The molecule has 1 aromatic rings. The van der Waals surface area contributed by atoms with Crippen LogP contribution < -0.4 is 4.74 Å². The molecule has 0 radical (unpaired) electrons. The smallest absolute Gasteiger partial charge is 0.128 e. The highest BCUT2D eigenvalue weighted by molar-refractivity contribution is 5.37. The fourth-order valence-electron chi connectivity index (χ4n) is 1.59. The molecule has 1 heterocycles. The Morgan fingerprint density at radius 1 is 1.54 bits per heavy atom. The van der Waals surface area contributed by atoms with E-state index >= 15 is 0 Å². The Morgan fingerprint density at radius 3 is 3.08 bits per heavy atom. The molecule has 0 saturated heterocycles. The summed E-state index contributed by atoms with van der Waals surface area (Å²) in [5.74, 6) is 0.131. The maximum absolute atomic E-state index is 12.8. The fraction of sp³-hybridized carbons (Fsp3) is 0.400. The molecular formula is C10H11FO2. The highest BCUT2D eigenvalue weighted by atomic mass is 19.1. The standard InChI is InChI=1S/C10H11FO2/c1-6-4-9(12)8-3-2-7(11)5-10(8)13-6/h2-3,5-6,9,12H,4H2,1H3. The van der Waals surface area contributed by atoms with Gasteiger partial charge in [-0.05, 0) is 19.1 Å². The Hall–Kier alpha value is -1.09. The molecule has 0 aliphatic carbocycles. The van der Waals surface area contributed by atoms with Gasteiger partial charge < -0.3 is 9.84 Å². The Balaban J connectivity index is 2.43. The first-order valence-corrected chi connectivity index (χ1v) is 4.31. The Labute approximate surface area is 76.0 Å². The van der Waals surface area contributed by atoms with Crippen LogP contribution in [0.4, 0.5) is 4.39 Å². The molecule has 2 atom stereocenters. The summed E-state index contributed by atoms with van der Waals surface area (Å²) in [4.78, 5) is 0. The van der Waals surface area contributed by atoms with Crippen LogP contribution in [-0.2, 0) is 0 Å². The molecule has 1 aliphatic rings. The maximum atomic E-state index is 12.8. The van der Waals surface area contributed by atoms with Gasteiger partial charge in [0.25, 0.3) is 0 Å². The van der Waals surface area contributed by atoms with Gasteiger partial charge in [0.2, 0.25) is 0 Å². The molecule has 1 aromatic carbocycles. The topological polar surface area (TPSA) is 29.5 Å². The second kappa shape index (κ2) is 3.00. The molecule has 2 unspecified atom stereocenters. The molecule has 0 amide bonds. The van der Waals surface area contributed by atoms with Gasteiger partial charge in [-0.25, -0.2) is 4.39 Å². The zero-order chi connectivity index (χ0) is 9.42. The second-order valence-electron chi connectivity index (χ2n) is 3.36. The molecule has 0 fully saturated rings. The minimum absolute atomic E-state index is 0.0516. The maximum Gasteiger partial charge on any atom is 0.128 e. The van der Waals surface area contributed by atoms with Crippen molar-refractivity contribution in [3.63, 3.8) is 0 Å². The van der Waals surface area contributed by atoms with Gasteiger partial charge in [0.05, 0.1) is 12.2 Å². The zero-order valence-corrected chi connectivity index (χ0v) is 7.33. The lowest BCUT2D eigenvalue weighted by atomic mass is 10.00. The highest BCUT2D eigenvalue weighted by Crippen LogP contribution is 2.34. The van der Waals surface area contributed by atoms with Crippen molar-refractivity contribution < 1.29 is 14.2 Å². The Morgan fingerprint density at radius 2 is 2.31 bits per heavy atom. The van der Waals surface area contributed by atoms with E-state index in [1.807, 2.05) is 6.92 Å². The third-order valence-corrected chi connectivity index (χ3v) is 2.22. The van der Waals surface area contributed by atoms with Crippen LogP contribution in [0.1, 0.15) is 25.0 Å². The lowest BCUT2D eigenvalue weighted by molar-refractivity contribution is 0.0746. The first-order chi connectivity index (χ1) is 6.16. The van der Waals surface area contributed by atoms with Crippen LogP contribution in [0.3, 0.4) is 0 Å². The number of ether oxygens (including phenoxy) is 1. The summed E-state index contributed by atoms with van der Waals surface area (Å²) < 4.78 is 18.2. The minimum atomic E-state index is -0.528. The van der Waals surface area contributed by atoms with E-state index in [-0.39, 0.29) is 11.9 Å². The number of aliphatic hydroxyl groups excluding tert-OH is 1. The largest absolute Gasteiger partial charge is 0.490 e. The van der Waals surface area contributed by atoms with Crippen LogP contribution in [-0.4, -0.2) is 11.2 Å². The minimum Gasteiger partial charge on any atom is -0.490 e. The number of fused-ring (bicyclic) bond motifs is 1. The van der Waals surface area contributed by atoms with Crippen LogP contribution in [0.5, 0.6) is 5.75 Å². The fourth-order valence-corrected chi connectivity index (χ4v) is 1.59. The van der Waals surface area contributed by atoms with Crippen LogP contribution in [0.25, 0.3) is 0 Å². The molecule has 0 spiro atoms. The van der Waals surface area contributed by atoms with Gasteiger partial charge in [-0.3, -0.25) is 0 Å². The first kappa shape index (κ1) is 8.51. The van der Waals surface area contributed by atoms with Crippen molar-refractivity contribution in [2.75, 3.05) is 0 Å². The lowest BCUT2D eigenvalue weighted by Crippen LogP contribution is -2.22. The van der Waals surface area contributed by atoms with Crippen molar-refractivity contribution in [1.82, 2.24) is 0 Å². The summed E-state index contributed by atoms with van der Waals surface area (Å²) in [6.45, 7) is 1.86. The number of aliphatic hydroxyl groups is 1. The molecule has 1 aliphatic heterocycles. The van der Waals surface area contributed by atoms with Crippen molar-refractivity contribution >= 4 is 0 Å². The van der Waals surface area contributed by atoms with E-state index in [1.165, 1.54) is 12.1 Å². The van der Waals surface area contributed by atoms with Crippen molar-refractivity contribution in [1.29, 1.82) is 0 Å². The third-order valence-electron chi connectivity index (χ3n) is 2.22. The number of hydrogen-bond donors (Lipinski definition) is 1. The van der Waals surface area contributed by atoms with E-state index in [4.69, 9.17) is 4.74 Å². The van der Waals surface area contributed by atoms with Crippen LogP contribution >= 0.6 is 0 Å². The number of hydrogen-bond acceptors (Lipinski definition) is 2. The average molecular weight is 182 g/mol. The van der Waals surface area contributed by atoms with Crippen LogP contribution in [0, 0.1) is 5.82 Å². The highest BCUT2D eigenvalue weighted by Gasteiger charge is 2.24. The number of benzene rings is 1. The van der Waals surface area contributed by atoms with Crippen molar-refractivity contribution in [2.24, 2.45) is 0 Å². The molecular weight excluding hydrogens is 171 g/mol. The summed E-state index contributed by atoms with van der Waals surface area (Å²) in [6, 6.07) is 4.22. The van der Waals surface area contributed by atoms with Gasteiger partial charge in [0, 0.05) is 18.1 Å². The van der Waals surface area contributed by atoms with E-state index in [1.54, 1.807) is 6.07 Å². The van der Waals surface area contributed by atoms with Crippen molar-refractivity contribution in [3.8, 4) is 5.75 Å². The van der Waals surface area contributed by atoms with Crippen molar-refractivity contribution in [2.45, 2.75) is 25.6 Å². The average Bonchev–Trinajstić information content (AvgIpc) is 2.02. The predicted molar refractivity (Wildman–Crippen MR) is 46.1 cm³/mol. The molecule has 70 valence electrons. The summed E-state index contributed by atoms with van der Waals surface area (Å²) in [7, 11) is 0. The van der Waals surface area contributed by atoms with Crippen LogP contribution in [0.2, 0.25) is 0 Å². The van der Waals surface area contributed by atoms with Gasteiger partial charge in [-0.15, -0.1) is 0 Å². The second-order valence-corrected chi connectivity index (χ2v) is 3.36. The van der Waals surface area contributed by atoms with E-state index in [9.17, 15) is 9.50 Å². The SMILES string of the molecule is CC1CC(O)c2ccc(F)cc2O1. The molecule has 13 heavy (non-hydrogen) atoms. The van der Waals surface area contributed by atoms with Gasteiger partial charge in [0.1, 0.15) is 11.6 Å².